The Labute approximate surface area is 224 Å². The third-order valence-corrected chi connectivity index (χ3v) is 6.70. The molecule has 1 unspecified atom stereocenters. The minimum Gasteiger partial charge on any atom is -0.507 e. The molecule has 198 valence electrons. The Morgan fingerprint density at radius 2 is 1.63 bits per heavy atom. The number of rotatable bonds is 7. The molecule has 3 aromatic rings. The van der Waals surface area contributed by atoms with Gasteiger partial charge in [-0.15, -0.1) is 0 Å². The number of aryl methyl sites for hydroxylation is 1. The van der Waals surface area contributed by atoms with Crippen LogP contribution in [0.3, 0.4) is 0 Å². The third-order valence-electron chi connectivity index (χ3n) is 6.70. The van der Waals surface area contributed by atoms with Crippen LogP contribution < -0.4 is 14.4 Å². The minimum atomic E-state index is -0.808. The zero-order valence-electron chi connectivity index (χ0n) is 22.9. The number of hydrogen-bond acceptors (Lipinski definition) is 5. The molecule has 1 saturated heterocycles. The van der Waals surface area contributed by atoms with Gasteiger partial charge in [-0.25, -0.2) is 0 Å². The van der Waals surface area contributed by atoms with Crippen LogP contribution in [0.5, 0.6) is 11.5 Å². The number of aliphatic hydroxyl groups is 1. The van der Waals surface area contributed by atoms with E-state index in [1.807, 2.05) is 57.2 Å². The fraction of sp³-hybridized carbons (Fsp3) is 0.312. The normalized spacial score (nSPS) is 17.1. The lowest BCUT2D eigenvalue weighted by Gasteiger charge is -2.27. The molecule has 1 atom stereocenters. The fourth-order valence-corrected chi connectivity index (χ4v) is 4.88. The molecule has 38 heavy (non-hydrogen) atoms. The number of aliphatic hydroxyl groups excluding tert-OH is 1. The average Bonchev–Trinajstić information content (AvgIpc) is 3.14. The van der Waals surface area contributed by atoms with E-state index < -0.39 is 17.7 Å². The van der Waals surface area contributed by atoms with Crippen molar-refractivity contribution < 1.29 is 24.2 Å². The van der Waals surface area contributed by atoms with E-state index in [9.17, 15) is 14.7 Å². The Bertz CT molecular complexity index is 1400. The maximum atomic E-state index is 13.6. The second-order valence-electron chi connectivity index (χ2n) is 10.4. The van der Waals surface area contributed by atoms with E-state index >= 15 is 0 Å². The van der Waals surface area contributed by atoms with Crippen molar-refractivity contribution in [3.63, 3.8) is 0 Å². The van der Waals surface area contributed by atoms with Crippen molar-refractivity contribution in [2.24, 2.45) is 0 Å². The highest BCUT2D eigenvalue weighted by atomic mass is 16.5. The molecule has 1 N–H and O–H groups in total. The smallest absolute Gasteiger partial charge is 0.300 e. The van der Waals surface area contributed by atoms with Crippen LogP contribution in [0.15, 0.2) is 72.3 Å². The van der Waals surface area contributed by atoms with Crippen LogP contribution in [0.2, 0.25) is 0 Å². The summed E-state index contributed by atoms with van der Waals surface area (Å²) in [6.45, 7) is 12.9. The highest BCUT2D eigenvalue weighted by Crippen LogP contribution is 2.44. The van der Waals surface area contributed by atoms with E-state index in [4.69, 9.17) is 9.47 Å². The van der Waals surface area contributed by atoms with Crippen LogP contribution in [0.25, 0.3) is 5.76 Å². The quantitative estimate of drug-likeness (QED) is 0.216. The minimum absolute atomic E-state index is 0.0510. The molecule has 1 amide bonds. The summed E-state index contributed by atoms with van der Waals surface area (Å²) in [4.78, 5) is 28.6. The number of amides is 1. The Morgan fingerprint density at radius 1 is 0.921 bits per heavy atom. The van der Waals surface area contributed by atoms with Gasteiger partial charge in [-0.2, -0.15) is 0 Å². The lowest BCUT2D eigenvalue weighted by molar-refractivity contribution is -0.132. The molecule has 1 heterocycles. The molecular formula is C32H35NO5. The number of carbonyl (C=O) groups is 2. The Balaban J connectivity index is 1.95. The second-order valence-corrected chi connectivity index (χ2v) is 10.4. The van der Waals surface area contributed by atoms with Gasteiger partial charge in [0.1, 0.15) is 17.3 Å². The monoisotopic (exact) mass is 513 g/mol. The molecule has 0 bridgehead atoms. The summed E-state index contributed by atoms with van der Waals surface area (Å²) < 4.78 is 11.5. The number of anilines is 1. The predicted molar refractivity (Wildman–Crippen MR) is 150 cm³/mol. The van der Waals surface area contributed by atoms with E-state index in [2.05, 4.69) is 20.8 Å². The summed E-state index contributed by atoms with van der Waals surface area (Å²) in [5, 5.41) is 11.7. The number of ketones is 1. The maximum absolute atomic E-state index is 13.6. The van der Waals surface area contributed by atoms with Crippen LogP contribution in [-0.2, 0) is 15.0 Å². The largest absolute Gasteiger partial charge is 0.507 e. The molecule has 0 spiro atoms. The number of Topliss-reactive ketones (excluding diaryl/α,β-unsaturated/α-hetero) is 1. The van der Waals surface area contributed by atoms with Crippen molar-refractivity contribution in [1.82, 2.24) is 0 Å². The molecule has 3 aromatic carbocycles. The SMILES string of the molecule is CCOc1cccc(N2C(=O)C(=O)/C(=C(/O)c3ccc(OCC)c(C(C)(C)C)c3)C2c2ccccc2C)c1. The molecule has 0 radical (unpaired) electrons. The van der Waals surface area contributed by atoms with E-state index in [1.54, 1.807) is 30.3 Å². The van der Waals surface area contributed by atoms with Gasteiger partial charge >= 0.3 is 0 Å². The van der Waals surface area contributed by atoms with E-state index in [1.165, 1.54) is 4.90 Å². The van der Waals surface area contributed by atoms with E-state index in [0.717, 1.165) is 22.4 Å². The van der Waals surface area contributed by atoms with Gasteiger partial charge in [0, 0.05) is 22.9 Å². The zero-order valence-corrected chi connectivity index (χ0v) is 22.9. The third kappa shape index (κ3) is 5.03. The Morgan fingerprint density at radius 3 is 2.29 bits per heavy atom. The van der Waals surface area contributed by atoms with Crippen molar-refractivity contribution >= 4 is 23.1 Å². The number of benzene rings is 3. The lowest BCUT2D eigenvalue weighted by Crippen LogP contribution is -2.29. The molecule has 6 heteroatoms. The molecule has 4 rings (SSSR count). The lowest BCUT2D eigenvalue weighted by atomic mass is 9.84. The van der Waals surface area contributed by atoms with Crippen molar-refractivity contribution in [3.8, 4) is 11.5 Å². The summed E-state index contributed by atoms with van der Waals surface area (Å²) in [6.07, 6.45) is 0. The summed E-state index contributed by atoms with van der Waals surface area (Å²) in [7, 11) is 0. The highest BCUT2D eigenvalue weighted by Gasteiger charge is 2.47. The summed E-state index contributed by atoms with van der Waals surface area (Å²) in [5.74, 6) is -0.329. The van der Waals surface area contributed by atoms with Gasteiger partial charge in [0.25, 0.3) is 11.7 Å². The van der Waals surface area contributed by atoms with Gasteiger partial charge in [0.05, 0.1) is 24.8 Å². The first kappa shape index (κ1) is 27.0. The molecule has 0 saturated carbocycles. The first-order valence-electron chi connectivity index (χ1n) is 13.0. The molecule has 1 fully saturated rings. The number of carbonyl (C=O) groups excluding carboxylic acids is 2. The second kappa shape index (κ2) is 10.7. The number of nitrogens with zero attached hydrogens (tertiary/aromatic N) is 1. The molecule has 1 aliphatic rings. The summed E-state index contributed by atoms with van der Waals surface area (Å²) in [6, 6.07) is 19.3. The van der Waals surface area contributed by atoms with Crippen LogP contribution in [0.4, 0.5) is 5.69 Å². The van der Waals surface area contributed by atoms with Crippen molar-refractivity contribution in [2.45, 2.75) is 53.0 Å². The van der Waals surface area contributed by atoms with Crippen LogP contribution in [0.1, 0.15) is 62.9 Å². The van der Waals surface area contributed by atoms with Crippen molar-refractivity contribution in [1.29, 1.82) is 0 Å². The summed E-state index contributed by atoms with van der Waals surface area (Å²) in [5.41, 5.74) is 3.31. The van der Waals surface area contributed by atoms with Crippen LogP contribution in [-0.4, -0.2) is 30.0 Å². The fourth-order valence-electron chi connectivity index (χ4n) is 4.88. The topological polar surface area (TPSA) is 76.1 Å². The number of hydrogen-bond donors (Lipinski definition) is 1. The Hall–Kier alpha value is -4.06. The van der Waals surface area contributed by atoms with Gasteiger partial charge in [-0.05, 0) is 67.6 Å². The van der Waals surface area contributed by atoms with Crippen LogP contribution >= 0.6 is 0 Å². The van der Waals surface area contributed by atoms with E-state index in [0.29, 0.717) is 30.2 Å². The molecule has 0 aliphatic carbocycles. The predicted octanol–water partition coefficient (Wildman–Crippen LogP) is 6.72. The van der Waals surface area contributed by atoms with Crippen molar-refractivity contribution in [3.05, 3.63) is 94.6 Å². The first-order chi connectivity index (χ1) is 18.1. The average molecular weight is 514 g/mol. The van der Waals surface area contributed by atoms with Crippen molar-refractivity contribution in [2.75, 3.05) is 18.1 Å². The van der Waals surface area contributed by atoms with Gasteiger partial charge in [-0.3, -0.25) is 14.5 Å². The summed E-state index contributed by atoms with van der Waals surface area (Å²) >= 11 is 0. The van der Waals surface area contributed by atoms with Gasteiger partial charge in [-0.1, -0.05) is 51.1 Å². The molecule has 6 nitrogen and oxygen atoms in total. The van der Waals surface area contributed by atoms with Gasteiger partial charge in [0.2, 0.25) is 0 Å². The molecule has 0 aromatic heterocycles. The standard InChI is InChI=1S/C32H35NO5/c1-7-37-23-14-11-13-22(19-23)33-28(24-15-10-9-12-20(24)3)27(30(35)31(33)36)29(34)21-16-17-26(38-8-2)25(18-21)32(4,5)6/h9-19,28,34H,7-8H2,1-6H3/b29-27+. The van der Waals surface area contributed by atoms with Crippen LogP contribution in [0, 0.1) is 6.92 Å². The first-order valence-corrected chi connectivity index (χ1v) is 13.0. The molecule has 1 aliphatic heterocycles. The maximum Gasteiger partial charge on any atom is 0.300 e. The Kier molecular flexibility index (Phi) is 7.63. The zero-order chi connectivity index (χ0) is 27.6. The van der Waals surface area contributed by atoms with Gasteiger partial charge in [0.15, 0.2) is 0 Å². The highest BCUT2D eigenvalue weighted by molar-refractivity contribution is 6.51. The molecular weight excluding hydrogens is 478 g/mol. The van der Waals surface area contributed by atoms with E-state index in [-0.39, 0.29) is 16.7 Å². The number of ether oxygens (including phenoxy) is 2. The van der Waals surface area contributed by atoms with Gasteiger partial charge < -0.3 is 14.6 Å².